The van der Waals surface area contributed by atoms with Crippen molar-refractivity contribution in [2.75, 3.05) is 0 Å². The second-order valence-corrected chi connectivity index (χ2v) is 6.09. The van der Waals surface area contributed by atoms with Gasteiger partial charge in [-0.05, 0) is 42.6 Å². The first-order valence-corrected chi connectivity index (χ1v) is 7.11. The minimum absolute atomic E-state index is 0.303. The molecule has 0 fully saturated rings. The summed E-state index contributed by atoms with van der Waals surface area (Å²) in [6.07, 6.45) is -0.483. The Balaban J connectivity index is 2.22. The van der Waals surface area contributed by atoms with Crippen molar-refractivity contribution in [3.8, 4) is 0 Å². The summed E-state index contributed by atoms with van der Waals surface area (Å²) in [4.78, 5) is 11.7. The molecule has 0 heterocycles. The number of alkyl carbamates (subject to hydrolysis) is 1. The van der Waals surface area contributed by atoms with Gasteiger partial charge in [-0.3, -0.25) is 0 Å². The van der Waals surface area contributed by atoms with Crippen LogP contribution in [0.1, 0.15) is 26.3 Å². The van der Waals surface area contributed by atoms with E-state index in [1.165, 1.54) is 0 Å². The molecule has 2 rings (SSSR count). The molecule has 0 aromatic heterocycles. The first-order chi connectivity index (χ1) is 10.3. The average Bonchev–Trinajstić information content (AvgIpc) is 2.42. The lowest BCUT2D eigenvalue weighted by Gasteiger charge is -2.20. The summed E-state index contributed by atoms with van der Waals surface area (Å²) in [5.41, 5.74) is 0.777. The van der Waals surface area contributed by atoms with E-state index < -0.39 is 18.8 Å². The molecule has 0 saturated heterocycles. The number of amides is 1. The highest BCUT2D eigenvalue weighted by Crippen LogP contribution is 2.17. The molecule has 0 atom stereocenters. The van der Waals surface area contributed by atoms with Crippen molar-refractivity contribution in [3.05, 3.63) is 42.0 Å². The third kappa shape index (κ3) is 3.99. The summed E-state index contributed by atoms with van der Waals surface area (Å²) < 4.78 is 5.20. The Kier molecular flexibility index (Phi) is 4.73. The molecule has 0 saturated carbocycles. The number of hydrogen-bond acceptors (Lipinski definition) is 4. The predicted molar refractivity (Wildman–Crippen MR) is 86.8 cm³/mol. The molecule has 116 valence electrons. The number of fused-ring (bicyclic) bond motifs is 1. The molecule has 5 nitrogen and oxygen atoms in total. The lowest BCUT2D eigenvalue weighted by atomic mass is 9.77. The SMILES string of the molecule is CC(C)(C)OC(=O)NCc1cccc2c(B(O)O)cccc12. The lowest BCUT2D eigenvalue weighted by molar-refractivity contribution is 0.0524. The highest BCUT2D eigenvalue weighted by molar-refractivity contribution is 6.62. The molecular formula is C16H20BNO4. The van der Waals surface area contributed by atoms with Crippen molar-refractivity contribution in [2.24, 2.45) is 0 Å². The van der Waals surface area contributed by atoms with Gasteiger partial charge in [0.2, 0.25) is 0 Å². The Morgan fingerprint density at radius 3 is 2.41 bits per heavy atom. The Morgan fingerprint density at radius 1 is 1.14 bits per heavy atom. The van der Waals surface area contributed by atoms with Gasteiger partial charge < -0.3 is 20.1 Å². The van der Waals surface area contributed by atoms with E-state index in [1.807, 2.05) is 24.3 Å². The largest absolute Gasteiger partial charge is 0.489 e. The van der Waals surface area contributed by atoms with E-state index in [2.05, 4.69) is 5.32 Å². The minimum Gasteiger partial charge on any atom is -0.444 e. The number of carbonyl (C=O) groups excluding carboxylic acids is 1. The number of rotatable bonds is 3. The highest BCUT2D eigenvalue weighted by atomic mass is 16.6. The van der Waals surface area contributed by atoms with Crippen LogP contribution in [-0.2, 0) is 11.3 Å². The third-order valence-corrected chi connectivity index (χ3v) is 3.15. The van der Waals surface area contributed by atoms with Crippen molar-refractivity contribution in [2.45, 2.75) is 32.9 Å². The average molecular weight is 301 g/mol. The number of nitrogens with one attached hydrogen (secondary N) is 1. The van der Waals surface area contributed by atoms with Gasteiger partial charge in [0.25, 0.3) is 0 Å². The van der Waals surface area contributed by atoms with Crippen LogP contribution in [0.5, 0.6) is 0 Å². The second kappa shape index (κ2) is 6.38. The second-order valence-electron chi connectivity index (χ2n) is 6.09. The van der Waals surface area contributed by atoms with E-state index in [1.54, 1.807) is 32.9 Å². The summed E-state index contributed by atoms with van der Waals surface area (Å²) in [5, 5.41) is 23.2. The molecule has 0 aliphatic carbocycles. The summed E-state index contributed by atoms with van der Waals surface area (Å²) in [7, 11) is -1.53. The third-order valence-electron chi connectivity index (χ3n) is 3.15. The van der Waals surface area contributed by atoms with Gasteiger partial charge in [0.05, 0.1) is 0 Å². The zero-order valence-corrected chi connectivity index (χ0v) is 13.0. The fourth-order valence-corrected chi connectivity index (χ4v) is 2.26. The minimum atomic E-state index is -1.53. The van der Waals surface area contributed by atoms with E-state index in [9.17, 15) is 14.8 Å². The molecule has 0 aliphatic rings. The maximum Gasteiger partial charge on any atom is 0.489 e. The normalized spacial score (nSPS) is 11.3. The highest BCUT2D eigenvalue weighted by Gasteiger charge is 2.17. The van der Waals surface area contributed by atoms with Crippen molar-refractivity contribution in [3.63, 3.8) is 0 Å². The molecule has 2 aromatic carbocycles. The standard InChI is InChI=1S/C16H20BNO4/c1-16(2,3)22-15(19)18-10-11-6-4-8-13-12(11)7-5-9-14(13)17(20)21/h4-9,20-21H,10H2,1-3H3,(H,18,19). The maximum absolute atomic E-state index is 11.7. The number of carbonyl (C=O) groups is 1. The summed E-state index contributed by atoms with van der Waals surface area (Å²) in [5.74, 6) is 0. The molecule has 0 aliphatic heterocycles. The Hall–Kier alpha value is -2.05. The zero-order valence-electron chi connectivity index (χ0n) is 13.0. The number of benzene rings is 2. The molecule has 3 N–H and O–H groups in total. The van der Waals surface area contributed by atoms with Crippen LogP contribution in [0.4, 0.5) is 4.79 Å². The van der Waals surface area contributed by atoms with Gasteiger partial charge in [-0.2, -0.15) is 0 Å². The van der Waals surface area contributed by atoms with Crippen LogP contribution < -0.4 is 10.8 Å². The molecule has 1 amide bonds. The van der Waals surface area contributed by atoms with Gasteiger partial charge >= 0.3 is 13.2 Å². The Labute approximate surface area is 130 Å². The van der Waals surface area contributed by atoms with Crippen molar-refractivity contribution < 1.29 is 19.6 Å². The zero-order chi connectivity index (χ0) is 16.3. The van der Waals surface area contributed by atoms with E-state index in [-0.39, 0.29) is 0 Å². The van der Waals surface area contributed by atoms with Crippen LogP contribution in [-0.4, -0.2) is 28.9 Å². The first kappa shape index (κ1) is 16.3. The van der Waals surface area contributed by atoms with Gasteiger partial charge in [-0.15, -0.1) is 0 Å². The molecular weight excluding hydrogens is 281 g/mol. The van der Waals surface area contributed by atoms with Crippen LogP contribution in [0.2, 0.25) is 0 Å². The van der Waals surface area contributed by atoms with Crippen LogP contribution in [0.3, 0.4) is 0 Å². The molecule has 0 bridgehead atoms. The maximum atomic E-state index is 11.7. The van der Waals surface area contributed by atoms with Crippen LogP contribution in [0, 0.1) is 0 Å². The Morgan fingerprint density at radius 2 is 1.77 bits per heavy atom. The Bertz CT molecular complexity index is 679. The van der Waals surface area contributed by atoms with Crippen LogP contribution in [0.25, 0.3) is 10.8 Å². The number of ether oxygens (including phenoxy) is 1. The van der Waals surface area contributed by atoms with E-state index in [4.69, 9.17) is 4.74 Å². The van der Waals surface area contributed by atoms with Crippen molar-refractivity contribution in [1.82, 2.24) is 5.32 Å². The van der Waals surface area contributed by atoms with E-state index in [0.717, 1.165) is 16.3 Å². The number of hydrogen-bond donors (Lipinski definition) is 3. The van der Waals surface area contributed by atoms with Crippen molar-refractivity contribution >= 4 is 29.4 Å². The molecule has 0 spiro atoms. The quantitative estimate of drug-likeness (QED) is 0.752. The molecule has 6 heteroatoms. The molecule has 0 radical (unpaired) electrons. The predicted octanol–water partition coefficient (Wildman–Crippen LogP) is 1.54. The monoisotopic (exact) mass is 301 g/mol. The first-order valence-electron chi connectivity index (χ1n) is 7.11. The molecule has 0 unspecified atom stereocenters. The fraction of sp³-hybridized carbons (Fsp3) is 0.312. The molecule has 22 heavy (non-hydrogen) atoms. The van der Waals surface area contributed by atoms with Gasteiger partial charge in [0.15, 0.2) is 0 Å². The van der Waals surface area contributed by atoms with E-state index >= 15 is 0 Å². The molecule has 2 aromatic rings. The smallest absolute Gasteiger partial charge is 0.444 e. The fourth-order valence-electron chi connectivity index (χ4n) is 2.26. The van der Waals surface area contributed by atoms with Gasteiger partial charge in [0.1, 0.15) is 5.60 Å². The lowest BCUT2D eigenvalue weighted by Crippen LogP contribution is -2.32. The summed E-state index contributed by atoms with van der Waals surface area (Å²) in [6, 6.07) is 10.8. The van der Waals surface area contributed by atoms with Crippen LogP contribution in [0.15, 0.2) is 36.4 Å². The van der Waals surface area contributed by atoms with Gasteiger partial charge in [0, 0.05) is 6.54 Å². The van der Waals surface area contributed by atoms with Gasteiger partial charge in [-0.1, -0.05) is 36.4 Å². The van der Waals surface area contributed by atoms with Crippen molar-refractivity contribution in [1.29, 1.82) is 0 Å². The summed E-state index contributed by atoms with van der Waals surface area (Å²) in [6.45, 7) is 5.72. The van der Waals surface area contributed by atoms with Crippen LogP contribution >= 0.6 is 0 Å². The topological polar surface area (TPSA) is 78.8 Å². The van der Waals surface area contributed by atoms with E-state index in [0.29, 0.717) is 12.0 Å². The van der Waals surface area contributed by atoms with Gasteiger partial charge in [-0.25, -0.2) is 4.79 Å². The summed E-state index contributed by atoms with van der Waals surface area (Å²) >= 11 is 0.